The summed E-state index contributed by atoms with van der Waals surface area (Å²) < 4.78 is 15.5. The molecule has 0 amide bonds. The lowest BCUT2D eigenvalue weighted by atomic mass is 10.1. The van der Waals surface area contributed by atoms with Gasteiger partial charge >= 0.3 is 0 Å². The molecule has 1 aromatic carbocycles. The van der Waals surface area contributed by atoms with E-state index in [0.29, 0.717) is 18.1 Å². The summed E-state index contributed by atoms with van der Waals surface area (Å²) in [5, 5.41) is 6.42. The number of hydrogen-bond acceptors (Lipinski definition) is 2. The predicted octanol–water partition coefficient (Wildman–Crippen LogP) is 2.09. The molecule has 0 aliphatic heterocycles. The molecule has 0 spiro atoms. The lowest BCUT2D eigenvalue weighted by Crippen LogP contribution is -2.37. The smallest absolute Gasteiger partial charge is 0.191 e. The second-order valence-electron chi connectivity index (χ2n) is 5.09. The lowest BCUT2D eigenvalue weighted by Gasteiger charge is -2.12. The number of benzene rings is 1. The van der Waals surface area contributed by atoms with Crippen LogP contribution in [0.4, 0.5) is 4.39 Å². The largest absolute Gasteiger partial charge is 0.356 e. The molecule has 0 aliphatic carbocycles. The Morgan fingerprint density at radius 3 is 2.91 bits per heavy atom. The average Bonchev–Trinajstić information content (AvgIpc) is 3.03. The summed E-state index contributed by atoms with van der Waals surface area (Å²) in [6, 6.07) is 5.25. The number of nitrogens with zero attached hydrogens (tertiary/aromatic N) is 3. The standard InChI is InChI=1S/C16H22FN5/c1-13-4-5-14(10-15(13)17)11-21-16(18-2)20-6-3-8-22-9-7-19-12-22/h4-5,7,9-10,12H,3,6,8,11H2,1-2H3,(H2,18,20,21). The van der Waals surface area contributed by atoms with Gasteiger partial charge in [0.1, 0.15) is 5.82 Å². The highest BCUT2D eigenvalue weighted by Gasteiger charge is 2.01. The van der Waals surface area contributed by atoms with Crippen molar-refractivity contribution in [1.82, 2.24) is 20.2 Å². The number of nitrogens with one attached hydrogen (secondary N) is 2. The summed E-state index contributed by atoms with van der Waals surface area (Å²) >= 11 is 0. The Kier molecular flexibility index (Phi) is 5.94. The van der Waals surface area contributed by atoms with Crippen molar-refractivity contribution in [3.8, 4) is 0 Å². The van der Waals surface area contributed by atoms with Crippen LogP contribution in [0.5, 0.6) is 0 Å². The minimum atomic E-state index is -0.178. The minimum Gasteiger partial charge on any atom is -0.356 e. The summed E-state index contributed by atoms with van der Waals surface area (Å²) in [5.41, 5.74) is 1.55. The summed E-state index contributed by atoms with van der Waals surface area (Å²) in [5.74, 6) is 0.536. The monoisotopic (exact) mass is 303 g/mol. The molecule has 2 rings (SSSR count). The molecule has 0 saturated carbocycles. The van der Waals surface area contributed by atoms with Crippen molar-refractivity contribution in [2.45, 2.75) is 26.4 Å². The highest BCUT2D eigenvalue weighted by atomic mass is 19.1. The number of guanidine groups is 1. The number of hydrogen-bond donors (Lipinski definition) is 2. The Balaban J connectivity index is 1.71. The van der Waals surface area contributed by atoms with E-state index in [0.717, 1.165) is 25.1 Å². The normalized spacial score (nSPS) is 11.5. The van der Waals surface area contributed by atoms with Crippen LogP contribution in [0.15, 0.2) is 41.9 Å². The predicted molar refractivity (Wildman–Crippen MR) is 86.2 cm³/mol. The van der Waals surface area contributed by atoms with E-state index in [1.807, 2.05) is 16.8 Å². The summed E-state index contributed by atoms with van der Waals surface area (Å²) in [6.45, 7) is 4.01. The van der Waals surface area contributed by atoms with E-state index in [4.69, 9.17) is 0 Å². The number of imidazole rings is 1. The second kappa shape index (κ2) is 8.17. The molecule has 0 saturated heterocycles. The molecule has 22 heavy (non-hydrogen) atoms. The van der Waals surface area contributed by atoms with Crippen molar-refractivity contribution >= 4 is 5.96 Å². The van der Waals surface area contributed by atoms with E-state index >= 15 is 0 Å². The fourth-order valence-electron chi connectivity index (χ4n) is 2.04. The van der Waals surface area contributed by atoms with Gasteiger partial charge in [0.25, 0.3) is 0 Å². The van der Waals surface area contributed by atoms with Gasteiger partial charge in [0.2, 0.25) is 0 Å². The van der Waals surface area contributed by atoms with E-state index in [9.17, 15) is 4.39 Å². The first kappa shape index (κ1) is 16.0. The Morgan fingerprint density at radius 2 is 2.23 bits per heavy atom. The van der Waals surface area contributed by atoms with Crippen LogP contribution in [-0.2, 0) is 13.1 Å². The maximum Gasteiger partial charge on any atom is 0.191 e. The van der Waals surface area contributed by atoms with Crippen LogP contribution in [0.2, 0.25) is 0 Å². The molecule has 0 fully saturated rings. The molecule has 0 aliphatic rings. The molecule has 6 heteroatoms. The van der Waals surface area contributed by atoms with Crippen LogP contribution in [0.1, 0.15) is 17.5 Å². The molecule has 1 aromatic heterocycles. The van der Waals surface area contributed by atoms with Crippen LogP contribution in [0, 0.1) is 12.7 Å². The van der Waals surface area contributed by atoms with Crippen LogP contribution in [0.3, 0.4) is 0 Å². The molecule has 5 nitrogen and oxygen atoms in total. The third-order valence-electron chi connectivity index (χ3n) is 3.36. The summed E-state index contributed by atoms with van der Waals surface area (Å²) in [6.07, 6.45) is 6.49. The highest BCUT2D eigenvalue weighted by molar-refractivity contribution is 5.79. The summed E-state index contributed by atoms with van der Waals surface area (Å²) in [7, 11) is 1.72. The number of rotatable bonds is 6. The van der Waals surface area contributed by atoms with Gasteiger partial charge in [-0.25, -0.2) is 9.37 Å². The van der Waals surface area contributed by atoms with Gasteiger partial charge in [-0.05, 0) is 30.5 Å². The van der Waals surface area contributed by atoms with Gasteiger partial charge in [-0.2, -0.15) is 0 Å². The van der Waals surface area contributed by atoms with Crippen molar-refractivity contribution in [3.05, 3.63) is 53.9 Å². The van der Waals surface area contributed by atoms with Crippen LogP contribution in [-0.4, -0.2) is 29.1 Å². The Labute approximate surface area is 130 Å². The fraction of sp³-hybridized carbons (Fsp3) is 0.375. The van der Waals surface area contributed by atoms with Gasteiger partial charge in [0.15, 0.2) is 5.96 Å². The quantitative estimate of drug-likeness (QED) is 0.488. The van der Waals surface area contributed by atoms with Gasteiger partial charge in [-0.1, -0.05) is 12.1 Å². The third-order valence-corrected chi connectivity index (χ3v) is 3.36. The number of aromatic nitrogens is 2. The van der Waals surface area contributed by atoms with Gasteiger partial charge in [-0.3, -0.25) is 4.99 Å². The number of aliphatic imine (C=N–C) groups is 1. The van der Waals surface area contributed by atoms with Crippen LogP contribution in [0.25, 0.3) is 0 Å². The number of halogens is 1. The van der Waals surface area contributed by atoms with E-state index in [-0.39, 0.29) is 5.82 Å². The molecule has 118 valence electrons. The van der Waals surface area contributed by atoms with Gasteiger partial charge in [0, 0.05) is 39.1 Å². The molecular weight excluding hydrogens is 281 g/mol. The molecule has 0 atom stereocenters. The first-order chi connectivity index (χ1) is 10.7. The van der Waals surface area contributed by atoms with Gasteiger partial charge in [0.05, 0.1) is 6.33 Å². The summed E-state index contributed by atoms with van der Waals surface area (Å²) in [4.78, 5) is 8.16. The Hall–Kier alpha value is -2.37. The maximum absolute atomic E-state index is 13.5. The molecule has 0 unspecified atom stereocenters. The lowest BCUT2D eigenvalue weighted by molar-refractivity contribution is 0.614. The molecule has 0 bridgehead atoms. The zero-order valence-corrected chi connectivity index (χ0v) is 13.0. The van der Waals surface area contributed by atoms with Crippen LogP contribution >= 0.6 is 0 Å². The average molecular weight is 303 g/mol. The number of aryl methyl sites for hydroxylation is 2. The fourth-order valence-corrected chi connectivity index (χ4v) is 2.04. The van der Waals surface area contributed by atoms with Crippen molar-refractivity contribution in [2.24, 2.45) is 4.99 Å². The van der Waals surface area contributed by atoms with E-state index < -0.39 is 0 Å². The van der Waals surface area contributed by atoms with Crippen molar-refractivity contribution in [2.75, 3.05) is 13.6 Å². The van der Waals surface area contributed by atoms with Crippen molar-refractivity contribution in [1.29, 1.82) is 0 Å². The topological polar surface area (TPSA) is 54.2 Å². The second-order valence-corrected chi connectivity index (χ2v) is 5.09. The minimum absolute atomic E-state index is 0.178. The molecular formula is C16H22FN5. The first-order valence-electron chi connectivity index (χ1n) is 7.34. The molecule has 0 radical (unpaired) electrons. The van der Waals surface area contributed by atoms with E-state index in [1.165, 1.54) is 0 Å². The van der Waals surface area contributed by atoms with Crippen LogP contribution < -0.4 is 10.6 Å². The Morgan fingerprint density at radius 1 is 1.36 bits per heavy atom. The van der Waals surface area contributed by atoms with E-state index in [1.54, 1.807) is 38.6 Å². The van der Waals surface area contributed by atoms with Crippen molar-refractivity contribution in [3.63, 3.8) is 0 Å². The zero-order chi connectivity index (χ0) is 15.8. The van der Waals surface area contributed by atoms with E-state index in [2.05, 4.69) is 20.6 Å². The third kappa shape index (κ3) is 4.87. The maximum atomic E-state index is 13.5. The van der Waals surface area contributed by atoms with Crippen molar-refractivity contribution < 1.29 is 4.39 Å². The SMILES string of the molecule is CN=C(NCCCn1ccnc1)NCc1ccc(C)c(F)c1. The highest BCUT2D eigenvalue weighted by Crippen LogP contribution is 2.08. The molecule has 2 aromatic rings. The molecule has 1 heterocycles. The van der Waals surface area contributed by atoms with Gasteiger partial charge < -0.3 is 15.2 Å². The first-order valence-corrected chi connectivity index (χ1v) is 7.34. The molecule has 2 N–H and O–H groups in total. The van der Waals surface area contributed by atoms with Gasteiger partial charge in [-0.15, -0.1) is 0 Å². The zero-order valence-electron chi connectivity index (χ0n) is 13.0. The Bertz CT molecular complexity index is 607.